The van der Waals surface area contributed by atoms with Crippen molar-refractivity contribution >= 4 is 11.4 Å². The van der Waals surface area contributed by atoms with Crippen LogP contribution in [0.4, 0.5) is 5.69 Å². The van der Waals surface area contributed by atoms with E-state index < -0.39 is 5.66 Å². The summed E-state index contributed by atoms with van der Waals surface area (Å²) in [5.41, 5.74) is 17.4. The molecule has 1 unspecified atom stereocenters. The fourth-order valence-corrected chi connectivity index (χ4v) is 4.10. The Hall–Kier alpha value is -2.71. The Kier molecular flexibility index (Phi) is 4.91. The number of anilines is 1. The van der Waals surface area contributed by atoms with E-state index in [0.29, 0.717) is 17.4 Å². The fourth-order valence-electron chi connectivity index (χ4n) is 4.10. The van der Waals surface area contributed by atoms with Gasteiger partial charge in [-0.3, -0.25) is 0 Å². The average molecular weight is 384 g/mol. The second-order valence-corrected chi connectivity index (χ2v) is 7.53. The lowest BCUT2D eigenvalue weighted by Gasteiger charge is -2.42. The van der Waals surface area contributed by atoms with Gasteiger partial charge in [0, 0.05) is 36.1 Å². The first-order valence-electron chi connectivity index (χ1n) is 9.60. The van der Waals surface area contributed by atoms with Gasteiger partial charge in [0.2, 0.25) is 0 Å². The van der Waals surface area contributed by atoms with Crippen LogP contribution in [0, 0.1) is 5.92 Å². The van der Waals surface area contributed by atoms with Crippen LogP contribution in [0.2, 0.25) is 0 Å². The van der Waals surface area contributed by atoms with E-state index in [9.17, 15) is 0 Å². The molecule has 2 aliphatic rings. The van der Waals surface area contributed by atoms with Crippen LogP contribution in [-0.2, 0) is 0 Å². The van der Waals surface area contributed by atoms with Crippen molar-refractivity contribution < 1.29 is 9.47 Å². The number of benzene rings is 1. The zero-order valence-corrected chi connectivity index (χ0v) is 16.3. The number of imidazole rings is 1. The summed E-state index contributed by atoms with van der Waals surface area (Å²) < 4.78 is 12.6. The number of hydrogen-bond donors (Lipinski definition) is 4. The molecule has 2 aromatic rings. The molecule has 0 amide bonds. The Labute approximate surface area is 164 Å². The van der Waals surface area contributed by atoms with Crippen LogP contribution < -0.4 is 31.7 Å². The summed E-state index contributed by atoms with van der Waals surface area (Å²) >= 11 is 0. The normalized spacial score (nSPS) is 26.6. The van der Waals surface area contributed by atoms with Crippen LogP contribution in [-0.4, -0.2) is 35.6 Å². The summed E-state index contributed by atoms with van der Waals surface area (Å²) in [6, 6.07) is 5.98. The largest absolute Gasteiger partial charge is 0.493 e. The molecule has 1 fully saturated rings. The highest BCUT2D eigenvalue weighted by atomic mass is 16.5. The summed E-state index contributed by atoms with van der Waals surface area (Å²) in [5, 5.41) is 3.45. The van der Waals surface area contributed by atoms with E-state index in [1.165, 1.54) is 0 Å². The minimum absolute atomic E-state index is 0.278. The Bertz CT molecular complexity index is 871. The highest BCUT2D eigenvalue weighted by molar-refractivity contribution is 5.77. The zero-order valence-electron chi connectivity index (χ0n) is 16.3. The van der Waals surface area contributed by atoms with Gasteiger partial charge in [-0.2, -0.15) is 0 Å². The molecule has 1 aromatic carbocycles. The third-order valence-corrected chi connectivity index (χ3v) is 5.69. The van der Waals surface area contributed by atoms with Crippen LogP contribution >= 0.6 is 0 Å². The van der Waals surface area contributed by atoms with E-state index in [2.05, 4.69) is 15.7 Å². The van der Waals surface area contributed by atoms with Gasteiger partial charge in [0.1, 0.15) is 5.66 Å². The summed E-state index contributed by atoms with van der Waals surface area (Å²) in [5.74, 6) is 2.42. The quantitative estimate of drug-likeness (QED) is 0.624. The fraction of sp³-hybridized carbons (Fsp3) is 0.450. The summed E-state index contributed by atoms with van der Waals surface area (Å²) in [4.78, 5) is 4.47. The number of methoxy groups -OCH3 is 2. The molecule has 4 rings (SSSR count). The van der Waals surface area contributed by atoms with Crippen LogP contribution in [0.15, 0.2) is 36.7 Å². The first-order chi connectivity index (χ1) is 13.5. The number of nitrogens with two attached hydrogens (primary N) is 2. The number of hydrogen-bond acceptors (Lipinski definition) is 7. The number of aromatic nitrogens is 2. The van der Waals surface area contributed by atoms with Crippen molar-refractivity contribution in [2.75, 3.05) is 25.0 Å². The van der Waals surface area contributed by atoms with Crippen LogP contribution in [0.3, 0.4) is 0 Å². The molecule has 1 aromatic heterocycles. The molecule has 0 bridgehead atoms. The number of rotatable bonds is 5. The van der Waals surface area contributed by atoms with Gasteiger partial charge in [0.05, 0.1) is 19.9 Å². The predicted octanol–water partition coefficient (Wildman–Crippen LogP) is 2.08. The monoisotopic (exact) mass is 384 g/mol. The third kappa shape index (κ3) is 3.41. The smallest absolute Gasteiger partial charge is 0.174 e. The Morgan fingerprint density at radius 3 is 2.64 bits per heavy atom. The Morgan fingerprint density at radius 1 is 1.18 bits per heavy atom. The second kappa shape index (κ2) is 7.37. The van der Waals surface area contributed by atoms with Crippen molar-refractivity contribution in [2.24, 2.45) is 17.4 Å². The lowest BCUT2D eigenvalue weighted by atomic mass is 9.78. The first-order valence-corrected chi connectivity index (χ1v) is 9.60. The number of fused-ring (bicyclic) bond motifs is 1. The standard InChI is InChI=1S/C20H28N6O2/c1-27-17-8-7-15(11-18(17)28-2)24-16-12-20(22,13-3-5-14(21)6-4-13)25-26-10-9-23-19(16)26/h7-14,24-25H,3-6,21-22H2,1-2H3. The van der Waals surface area contributed by atoms with E-state index >= 15 is 0 Å². The molecule has 1 atom stereocenters. The molecule has 8 nitrogen and oxygen atoms in total. The maximum atomic E-state index is 6.84. The minimum atomic E-state index is -0.674. The topological polar surface area (TPSA) is 112 Å². The maximum Gasteiger partial charge on any atom is 0.174 e. The van der Waals surface area contributed by atoms with Crippen molar-refractivity contribution in [3.8, 4) is 11.5 Å². The van der Waals surface area contributed by atoms with Crippen molar-refractivity contribution in [3.63, 3.8) is 0 Å². The summed E-state index contributed by atoms with van der Waals surface area (Å²) in [6.45, 7) is 0. The molecule has 28 heavy (non-hydrogen) atoms. The zero-order chi connectivity index (χ0) is 19.7. The molecular formula is C20H28N6O2. The van der Waals surface area contributed by atoms with Crippen molar-refractivity contribution in [3.05, 3.63) is 42.5 Å². The second-order valence-electron chi connectivity index (χ2n) is 7.53. The molecule has 0 spiro atoms. The van der Waals surface area contributed by atoms with E-state index in [1.54, 1.807) is 20.4 Å². The Morgan fingerprint density at radius 2 is 1.93 bits per heavy atom. The summed E-state index contributed by atoms with van der Waals surface area (Å²) in [7, 11) is 3.24. The molecule has 1 aliphatic carbocycles. The number of nitrogens with zero attached hydrogens (tertiary/aromatic N) is 2. The molecule has 8 heteroatoms. The number of ether oxygens (including phenoxy) is 2. The average Bonchev–Trinajstić information content (AvgIpc) is 3.16. The van der Waals surface area contributed by atoms with Crippen molar-refractivity contribution in [2.45, 2.75) is 37.4 Å². The van der Waals surface area contributed by atoms with Crippen LogP contribution in [0.5, 0.6) is 11.5 Å². The van der Waals surface area contributed by atoms with E-state index in [4.69, 9.17) is 20.9 Å². The van der Waals surface area contributed by atoms with Gasteiger partial charge < -0.3 is 31.7 Å². The molecule has 150 valence electrons. The van der Waals surface area contributed by atoms with Gasteiger partial charge in [0.15, 0.2) is 17.3 Å². The summed E-state index contributed by atoms with van der Waals surface area (Å²) in [6.07, 6.45) is 9.67. The molecule has 2 heterocycles. The van der Waals surface area contributed by atoms with Gasteiger partial charge in [-0.1, -0.05) is 0 Å². The van der Waals surface area contributed by atoms with Gasteiger partial charge in [-0.15, -0.1) is 0 Å². The van der Waals surface area contributed by atoms with Gasteiger partial charge >= 0.3 is 0 Å². The van der Waals surface area contributed by atoms with Crippen LogP contribution in [0.25, 0.3) is 5.70 Å². The van der Waals surface area contributed by atoms with E-state index in [-0.39, 0.29) is 6.04 Å². The van der Waals surface area contributed by atoms with E-state index in [1.807, 2.05) is 35.1 Å². The molecule has 0 radical (unpaired) electrons. The lowest BCUT2D eigenvalue weighted by Crippen LogP contribution is -2.58. The molecular weight excluding hydrogens is 356 g/mol. The Balaban J connectivity index is 1.65. The molecule has 1 saturated carbocycles. The SMILES string of the molecule is COc1ccc(NC2=CC(N)(C3CCC(N)CC3)Nn3ccnc32)cc1OC. The maximum absolute atomic E-state index is 6.84. The van der Waals surface area contributed by atoms with Gasteiger partial charge in [0.25, 0.3) is 0 Å². The molecule has 1 aliphatic heterocycles. The van der Waals surface area contributed by atoms with Crippen LogP contribution in [0.1, 0.15) is 31.5 Å². The predicted molar refractivity (Wildman–Crippen MR) is 110 cm³/mol. The van der Waals surface area contributed by atoms with Crippen molar-refractivity contribution in [1.82, 2.24) is 9.66 Å². The van der Waals surface area contributed by atoms with Gasteiger partial charge in [-0.25, -0.2) is 9.66 Å². The first kappa shape index (κ1) is 18.6. The molecule has 6 N–H and O–H groups in total. The third-order valence-electron chi connectivity index (χ3n) is 5.69. The lowest BCUT2D eigenvalue weighted by molar-refractivity contribution is 0.239. The molecule has 0 saturated heterocycles. The van der Waals surface area contributed by atoms with Gasteiger partial charge in [-0.05, 0) is 43.9 Å². The highest BCUT2D eigenvalue weighted by Crippen LogP contribution is 2.36. The highest BCUT2D eigenvalue weighted by Gasteiger charge is 2.39. The van der Waals surface area contributed by atoms with E-state index in [0.717, 1.165) is 42.9 Å². The number of nitrogens with one attached hydrogen (secondary N) is 2. The van der Waals surface area contributed by atoms with Crippen molar-refractivity contribution in [1.29, 1.82) is 0 Å². The minimum Gasteiger partial charge on any atom is -0.493 e.